The molecule has 1 heterocycles. The van der Waals surface area contributed by atoms with Crippen molar-refractivity contribution in [2.24, 2.45) is 0 Å². The van der Waals surface area contributed by atoms with Crippen molar-refractivity contribution >= 4 is 22.6 Å². The van der Waals surface area contributed by atoms with E-state index < -0.39 is 0 Å². The fourth-order valence-corrected chi connectivity index (χ4v) is 1.83. The Bertz CT molecular complexity index is 80.9. The van der Waals surface area contributed by atoms with Crippen LogP contribution in [0.15, 0.2) is 0 Å². The van der Waals surface area contributed by atoms with Gasteiger partial charge in [0.1, 0.15) is 0 Å². The molecule has 1 unspecified atom stereocenters. The predicted molar refractivity (Wildman–Crippen MR) is 49.1 cm³/mol. The molecule has 0 bridgehead atoms. The van der Waals surface area contributed by atoms with E-state index >= 15 is 0 Å². The lowest BCUT2D eigenvalue weighted by molar-refractivity contribution is 0.600. The summed E-state index contributed by atoms with van der Waals surface area (Å²) in [7, 11) is 0. The van der Waals surface area contributed by atoms with Crippen LogP contribution >= 0.6 is 22.6 Å². The molecule has 0 amide bonds. The number of hydrogen-bond donors (Lipinski definition) is 1. The second-order valence-corrected chi connectivity index (χ2v) is 5.62. The molecule has 1 atom stereocenters. The van der Waals surface area contributed by atoms with E-state index in [2.05, 4.69) is 34.8 Å². The molecule has 1 aliphatic heterocycles. The summed E-state index contributed by atoms with van der Waals surface area (Å²) in [6.07, 6.45) is 4.05. The van der Waals surface area contributed by atoms with Crippen LogP contribution in [0.4, 0.5) is 0 Å². The van der Waals surface area contributed by atoms with Crippen LogP contribution in [-0.2, 0) is 0 Å². The van der Waals surface area contributed by atoms with Gasteiger partial charge in [0.2, 0.25) is 0 Å². The Labute approximate surface area is 70.7 Å². The van der Waals surface area contributed by atoms with Gasteiger partial charge in [-0.3, -0.25) is 0 Å². The maximum atomic E-state index is 3.40. The number of alkyl halides is 1. The van der Waals surface area contributed by atoms with Gasteiger partial charge in [-0.25, -0.2) is 0 Å². The van der Waals surface area contributed by atoms with Crippen LogP contribution in [-0.4, -0.2) is 16.5 Å². The summed E-state index contributed by atoms with van der Waals surface area (Å²) in [6.45, 7) is 4.78. The van der Waals surface area contributed by atoms with Crippen LogP contribution in [0.3, 0.4) is 0 Å². The Kier molecular flexibility index (Phi) is 2.76. The first kappa shape index (κ1) is 7.79. The van der Waals surface area contributed by atoms with Gasteiger partial charge < -0.3 is 5.32 Å². The Morgan fingerprint density at radius 1 is 1.33 bits per heavy atom. The first-order valence-corrected chi connectivity index (χ1v) is 4.68. The predicted octanol–water partition coefficient (Wildman–Crippen LogP) is 1.95. The molecule has 1 fully saturated rings. The smallest absolute Gasteiger partial charge is 0.0206 e. The minimum atomic E-state index is 0.571. The SMILES string of the molecule is CC1(I)CCCNCC1. The highest BCUT2D eigenvalue weighted by Crippen LogP contribution is 2.28. The maximum absolute atomic E-state index is 3.40. The monoisotopic (exact) mass is 239 g/mol. The summed E-state index contributed by atoms with van der Waals surface area (Å²) in [5, 5.41) is 3.40. The molecule has 1 nitrogen and oxygen atoms in total. The lowest BCUT2D eigenvalue weighted by Crippen LogP contribution is -2.18. The summed E-state index contributed by atoms with van der Waals surface area (Å²) >= 11 is 2.58. The molecule has 0 aromatic rings. The van der Waals surface area contributed by atoms with E-state index in [1.807, 2.05) is 0 Å². The van der Waals surface area contributed by atoms with Gasteiger partial charge in [0.05, 0.1) is 0 Å². The van der Waals surface area contributed by atoms with Gasteiger partial charge in [-0.2, -0.15) is 0 Å². The van der Waals surface area contributed by atoms with Crippen LogP contribution in [0.1, 0.15) is 26.2 Å². The largest absolute Gasteiger partial charge is 0.317 e. The molecule has 9 heavy (non-hydrogen) atoms. The molecule has 0 aromatic carbocycles. The van der Waals surface area contributed by atoms with Crippen molar-refractivity contribution in [2.75, 3.05) is 13.1 Å². The van der Waals surface area contributed by atoms with Crippen LogP contribution in [0.25, 0.3) is 0 Å². The molecule has 1 aliphatic rings. The average Bonchev–Trinajstić information content (AvgIpc) is 1.92. The zero-order valence-electron chi connectivity index (χ0n) is 5.91. The Hall–Kier alpha value is 0.690. The average molecular weight is 239 g/mol. The molecule has 1 rings (SSSR count). The molecule has 0 aromatic heterocycles. The van der Waals surface area contributed by atoms with Crippen molar-refractivity contribution in [3.8, 4) is 0 Å². The van der Waals surface area contributed by atoms with Gasteiger partial charge in [0.25, 0.3) is 0 Å². The van der Waals surface area contributed by atoms with E-state index in [0.717, 1.165) is 0 Å². The van der Waals surface area contributed by atoms with Crippen molar-refractivity contribution < 1.29 is 0 Å². The molecule has 2 heteroatoms. The topological polar surface area (TPSA) is 12.0 Å². The normalized spacial score (nSPS) is 38.0. The van der Waals surface area contributed by atoms with Crippen LogP contribution in [0.2, 0.25) is 0 Å². The lowest BCUT2D eigenvalue weighted by Gasteiger charge is -2.18. The quantitative estimate of drug-likeness (QED) is 0.503. The standard InChI is InChI=1S/C7H14IN/c1-7(8)3-2-5-9-6-4-7/h9H,2-6H2,1H3. The molecule has 1 N–H and O–H groups in total. The molecular weight excluding hydrogens is 225 g/mol. The van der Waals surface area contributed by atoms with Gasteiger partial charge in [-0.1, -0.05) is 29.5 Å². The Morgan fingerprint density at radius 3 is 2.89 bits per heavy atom. The third-order valence-corrected chi connectivity index (χ3v) is 2.95. The Morgan fingerprint density at radius 2 is 2.11 bits per heavy atom. The molecule has 0 spiro atoms. The summed E-state index contributed by atoms with van der Waals surface area (Å²) in [4.78, 5) is 0. The Balaban J connectivity index is 2.36. The first-order chi connectivity index (χ1) is 4.21. The second-order valence-electron chi connectivity index (χ2n) is 3.02. The van der Waals surface area contributed by atoms with Gasteiger partial charge in [-0.15, -0.1) is 0 Å². The van der Waals surface area contributed by atoms with E-state index in [1.54, 1.807) is 0 Å². The third-order valence-electron chi connectivity index (χ3n) is 1.87. The molecule has 1 saturated heterocycles. The third kappa shape index (κ3) is 2.85. The minimum absolute atomic E-state index is 0.571. The summed E-state index contributed by atoms with van der Waals surface area (Å²) < 4.78 is 0.571. The minimum Gasteiger partial charge on any atom is -0.317 e. The van der Waals surface area contributed by atoms with E-state index in [0.29, 0.717) is 3.42 Å². The molecule has 54 valence electrons. The summed E-state index contributed by atoms with van der Waals surface area (Å²) in [5.74, 6) is 0. The van der Waals surface area contributed by atoms with Crippen molar-refractivity contribution in [1.82, 2.24) is 5.32 Å². The van der Waals surface area contributed by atoms with E-state index in [9.17, 15) is 0 Å². The molecule has 0 aliphatic carbocycles. The fourth-order valence-electron chi connectivity index (χ4n) is 1.18. The highest BCUT2D eigenvalue weighted by atomic mass is 127. The van der Waals surface area contributed by atoms with Crippen molar-refractivity contribution in [3.63, 3.8) is 0 Å². The number of hydrogen-bond acceptors (Lipinski definition) is 1. The van der Waals surface area contributed by atoms with Gasteiger partial charge >= 0.3 is 0 Å². The van der Waals surface area contributed by atoms with Crippen molar-refractivity contribution in [1.29, 1.82) is 0 Å². The van der Waals surface area contributed by atoms with Crippen molar-refractivity contribution in [3.05, 3.63) is 0 Å². The fraction of sp³-hybridized carbons (Fsp3) is 1.00. The molecule has 0 radical (unpaired) electrons. The highest BCUT2D eigenvalue weighted by molar-refractivity contribution is 14.1. The van der Waals surface area contributed by atoms with Gasteiger partial charge in [0, 0.05) is 3.42 Å². The van der Waals surface area contributed by atoms with E-state index in [-0.39, 0.29) is 0 Å². The highest BCUT2D eigenvalue weighted by Gasteiger charge is 2.20. The summed E-state index contributed by atoms with van der Waals surface area (Å²) in [5.41, 5.74) is 0. The van der Waals surface area contributed by atoms with Crippen LogP contribution < -0.4 is 5.32 Å². The van der Waals surface area contributed by atoms with Crippen molar-refractivity contribution in [2.45, 2.75) is 29.6 Å². The molecule has 0 saturated carbocycles. The maximum Gasteiger partial charge on any atom is 0.0206 e. The van der Waals surface area contributed by atoms with Gasteiger partial charge in [0.15, 0.2) is 0 Å². The summed E-state index contributed by atoms with van der Waals surface area (Å²) in [6, 6.07) is 0. The van der Waals surface area contributed by atoms with Crippen LogP contribution in [0.5, 0.6) is 0 Å². The number of nitrogens with one attached hydrogen (secondary N) is 1. The van der Waals surface area contributed by atoms with E-state index in [1.165, 1.54) is 32.4 Å². The number of rotatable bonds is 0. The zero-order chi connectivity index (χ0) is 6.74. The zero-order valence-corrected chi connectivity index (χ0v) is 8.07. The van der Waals surface area contributed by atoms with E-state index in [4.69, 9.17) is 0 Å². The van der Waals surface area contributed by atoms with Crippen LogP contribution in [0, 0.1) is 0 Å². The molecular formula is C7H14IN. The van der Waals surface area contributed by atoms with Gasteiger partial charge in [-0.05, 0) is 32.4 Å². The second kappa shape index (κ2) is 3.19. The first-order valence-electron chi connectivity index (χ1n) is 3.60. The lowest BCUT2D eigenvalue weighted by atomic mass is 10.0. The number of halogens is 1.